The van der Waals surface area contributed by atoms with Gasteiger partial charge in [-0.3, -0.25) is 4.79 Å². The first-order chi connectivity index (χ1) is 17.7. The molecule has 0 aromatic carbocycles. The summed E-state index contributed by atoms with van der Waals surface area (Å²) >= 11 is 0. The summed E-state index contributed by atoms with van der Waals surface area (Å²) in [5, 5.41) is 40.2. The normalized spacial score (nSPS) is 42.0. The molecular formula is C26H34O11. The molecule has 1 aromatic rings. The number of methoxy groups -OCH3 is 1. The summed E-state index contributed by atoms with van der Waals surface area (Å²) < 4.78 is 27.7. The number of esters is 2. The molecule has 1 saturated carbocycles. The van der Waals surface area contributed by atoms with Gasteiger partial charge in [0, 0.05) is 5.56 Å². The molecule has 11 heteroatoms. The van der Waals surface area contributed by atoms with Gasteiger partial charge in [-0.2, -0.15) is 0 Å². The molecule has 11 nitrogen and oxygen atoms in total. The monoisotopic (exact) mass is 522 g/mol. The van der Waals surface area contributed by atoms with Crippen molar-refractivity contribution in [2.75, 3.05) is 13.7 Å². The number of aliphatic hydroxyl groups excluding tert-OH is 4. The maximum atomic E-state index is 13.1. The van der Waals surface area contributed by atoms with Crippen LogP contribution in [0.1, 0.15) is 50.7 Å². The predicted octanol–water partition coefficient (Wildman–Crippen LogP) is 0.749. The first kappa shape index (κ1) is 26.3. The topological polar surface area (TPSA) is 165 Å². The summed E-state index contributed by atoms with van der Waals surface area (Å²) in [7, 11) is 1.28. The second-order valence-corrected chi connectivity index (χ2v) is 10.7. The van der Waals surface area contributed by atoms with E-state index in [0.717, 1.165) is 11.1 Å². The second-order valence-electron chi connectivity index (χ2n) is 10.7. The van der Waals surface area contributed by atoms with Crippen molar-refractivity contribution >= 4 is 11.9 Å². The van der Waals surface area contributed by atoms with Crippen LogP contribution in [0.25, 0.3) is 0 Å². The van der Waals surface area contributed by atoms with E-state index >= 15 is 0 Å². The Bertz CT molecular complexity index is 1030. The Kier molecular flexibility index (Phi) is 7.20. The van der Waals surface area contributed by atoms with Gasteiger partial charge in [-0.1, -0.05) is 12.5 Å². The maximum Gasteiger partial charge on any atom is 0.336 e. The summed E-state index contributed by atoms with van der Waals surface area (Å²) in [5.41, 5.74) is 1.50. The third kappa shape index (κ3) is 4.41. The van der Waals surface area contributed by atoms with Gasteiger partial charge in [-0.05, 0) is 49.5 Å². The molecule has 2 saturated heterocycles. The number of carbonyl (C=O) groups excluding carboxylic acids is 2. The fourth-order valence-corrected chi connectivity index (χ4v) is 6.77. The van der Waals surface area contributed by atoms with Crippen LogP contribution in [0, 0.1) is 17.3 Å². The molecule has 0 bridgehead atoms. The Morgan fingerprint density at radius 2 is 1.92 bits per heavy atom. The molecule has 3 heterocycles. The molecule has 10 atom stereocenters. The van der Waals surface area contributed by atoms with Gasteiger partial charge in [0.1, 0.15) is 30.5 Å². The highest BCUT2D eigenvalue weighted by molar-refractivity contribution is 5.91. The van der Waals surface area contributed by atoms with E-state index in [1.54, 1.807) is 18.6 Å². The zero-order valence-corrected chi connectivity index (χ0v) is 20.8. The van der Waals surface area contributed by atoms with E-state index in [2.05, 4.69) is 6.92 Å². The lowest BCUT2D eigenvalue weighted by atomic mass is 9.53. The van der Waals surface area contributed by atoms with Gasteiger partial charge in [0.15, 0.2) is 6.29 Å². The zero-order valence-electron chi connectivity index (χ0n) is 20.8. The van der Waals surface area contributed by atoms with Crippen LogP contribution in [-0.2, 0) is 28.5 Å². The number of allylic oxidation sites excluding steroid dienone is 1. The Morgan fingerprint density at radius 3 is 2.59 bits per heavy atom. The van der Waals surface area contributed by atoms with E-state index in [9.17, 15) is 30.0 Å². The average Bonchev–Trinajstić information content (AvgIpc) is 3.43. The number of ether oxygens (including phenoxy) is 4. The smallest absolute Gasteiger partial charge is 0.336 e. The van der Waals surface area contributed by atoms with Gasteiger partial charge in [-0.15, -0.1) is 0 Å². The van der Waals surface area contributed by atoms with Crippen LogP contribution in [0.3, 0.4) is 0 Å². The highest BCUT2D eigenvalue weighted by Gasteiger charge is 2.57. The fourth-order valence-electron chi connectivity index (χ4n) is 6.77. The number of rotatable bonds is 5. The zero-order chi connectivity index (χ0) is 26.5. The first-order valence-electron chi connectivity index (χ1n) is 12.7. The number of fused-ring (bicyclic) bond motifs is 3. The molecule has 4 N–H and O–H groups in total. The van der Waals surface area contributed by atoms with Crippen molar-refractivity contribution in [2.45, 2.75) is 81.9 Å². The Balaban J connectivity index is 1.46. The van der Waals surface area contributed by atoms with Crippen LogP contribution in [0.15, 0.2) is 34.2 Å². The van der Waals surface area contributed by atoms with Crippen LogP contribution in [-0.4, -0.2) is 82.9 Å². The van der Waals surface area contributed by atoms with Crippen molar-refractivity contribution in [1.29, 1.82) is 0 Å². The fraction of sp³-hybridized carbons (Fsp3) is 0.692. The number of carbonyl (C=O) groups is 2. The maximum absolute atomic E-state index is 13.1. The van der Waals surface area contributed by atoms with Crippen LogP contribution in [0.2, 0.25) is 0 Å². The van der Waals surface area contributed by atoms with Gasteiger partial charge in [0.05, 0.1) is 43.8 Å². The van der Waals surface area contributed by atoms with Crippen LogP contribution < -0.4 is 0 Å². The Labute approximate surface area is 213 Å². The van der Waals surface area contributed by atoms with Crippen molar-refractivity contribution in [3.05, 3.63) is 35.3 Å². The highest BCUT2D eigenvalue weighted by atomic mass is 16.7. The second kappa shape index (κ2) is 10.1. The minimum Gasteiger partial charge on any atom is -0.472 e. The quantitative estimate of drug-likeness (QED) is 0.403. The molecule has 0 spiro atoms. The van der Waals surface area contributed by atoms with Crippen LogP contribution >= 0.6 is 0 Å². The van der Waals surface area contributed by atoms with E-state index in [-0.39, 0.29) is 17.8 Å². The molecule has 204 valence electrons. The molecule has 4 aliphatic rings. The summed E-state index contributed by atoms with van der Waals surface area (Å²) in [4.78, 5) is 26.1. The highest BCUT2D eigenvalue weighted by Crippen LogP contribution is 2.59. The van der Waals surface area contributed by atoms with Crippen molar-refractivity contribution in [1.82, 2.24) is 0 Å². The molecule has 0 unspecified atom stereocenters. The summed E-state index contributed by atoms with van der Waals surface area (Å²) in [5.74, 6) is -1.23. The lowest BCUT2D eigenvalue weighted by molar-refractivity contribution is -0.309. The van der Waals surface area contributed by atoms with Gasteiger partial charge >= 0.3 is 11.9 Å². The molecule has 2 aliphatic heterocycles. The van der Waals surface area contributed by atoms with Gasteiger partial charge in [-0.25, -0.2) is 4.79 Å². The minimum atomic E-state index is -1.59. The number of cyclic esters (lactones) is 1. The minimum absolute atomic E-state index is 0.0998. The van der Waals surface area contributed by atoms with Crippen molar-refractivity contribution < 1.29 is 53.4 Å². The number of furan rings is 1. The van der Waals surface area contributed by atoms with Gasteiger partial charge in [0.2, 0.25) is 0 Å². The molecule has 0 amide bonds. The van der Waals surface area contributed by atoms with E-state index in [1.165, 1.54) is 7.11 Å². The molecule has 0 radical (unpaired) electrons. The lowest BCUT2D eigenvalue weighted by Crippen LogP contribution is -2.60. The molecule has 2 aliphatic carbocycles. The summed E-state index contributed by atoms with van der Waals surface area (Å²) in [6.45, 7) is 1.48. The molecule has 5 rings (SSSR count). The van der Waals surface area contributed by atoms with Crippen LogP contribution in [0.4, 0.5) is 0 Å². The van der Waals surface area contributed by atoms with Crippen molar-refractivity contribution in [2.24, 2.45) is 17.3 Å². The van der Waals surface area contributed by atoms with E-state index < -0.39 is 60.9 Å². The number of hydrogen-bond acceptors (Lipinski definition) is 11. The predicted molar refractivity (Wildman–Crippen MR) is 123 cm³/mol. The average molecular weight is 523 g/mol. The largest absolute Gasteiger partial charge is 0.472 e. The third-order valence-corrected chi connectivity index (χ3v) is 8.74. The SMILES string of the molecule is COC(=O)C1=C2CC[C@H]3C(=O)O[C@H](c4ccoc4)C[C@@]3(C)[C@@H]2CC[C@H]1O[C@@H]1O[C@H](CO)[C@@H](O)[C@H](O)[C@H]1O. The van der Waals surface area contributed by atoms with Crippen LogP contribution in [0.5, 0.6) is 0 Å². The van der Waals surface area contributed by atoms with Gasteiger partial charge in [0.25, 0.3) is 0 Å². The number of hydrogen-bond donors (Lipinski definition) is 4. The third-order valence-electron chi connectivity index (χ3n) is 8.74. The standard InChI is InChI=1S/C26H34O11/c1-26-9-17(12-7-8-34-11-12)35-23(31)15(26)4-3-13-14(26)5-6-16(19(13)24(32)33-2)36-25-22(30)21(29)20(28)18(10-27)37-25/h7-8,11,14-18,20-22,25,27-30H,3-6,9-10H2,1-2H3/t14-,15+,16-,17+,18-,20-,21+,22-,25-,26+/m1/s1. The first-order valence-corrected chi connectivity index (χ1v) is 12.7. The van der Waals surface area contributed by atoms with Crippen molar-refractivity contribution in [3.63, 3.8) is 0 Å². The number of aliphatic hydroxyl groups is 4. The molecule has 37 heavy (non-hydrogen) atoms. The van der Waals surface area contributed by atoms with Gasteiger partial charge < -0.3 is 43.8 Å². The molecule has 1 aromatic heterocycles. The van der Waals surface area contributed by atoms with E-state index in [0.29, 0.717) is 37.7 Å². The molecule has 3 fully saturated rings. The Hall–Kier alpha value is -2.28. The summed E-state index contributed by atoms with van der Waals surface area (Å²) in [6.07, 6.45) is -2.79. The van der Waals surface area contributed by atoms with E-state index in [1.807, 2.05) is 0 Å². The lowest BCUT2D eigenvalue weighted by Gasteiger charge is -2.54. The van der Waals surface area contributed by atoms with Crippen molar-refractivity contribution in [3.8, 4) is 0 Å². The Morgan fingerprint density at radius 1 is 1.14 bits per heavy atom. The van der Waals surface area contributed by atoms with E-state index in [4.69, 9.17) is 23.4 Å². The summed E-state index contributed by atoms with van der Waals surface area (Å²) in [6, 6.07) is 1.78. The molecular weight excluding hydrogens is 488 g/mol.